The normalized spacial score (nSPS) is 24.4. The van der Waals surface area contributed by atoms with Crippen molar-refractivity contribution in [1.82, 2.24) is 5.32 Å². The summed E-state index contributed by atoms with van der Waals surface area (Å²) in [4.78, 5) is 12.0. The van der Waals surface area contributed by atoms with Crippen LogP contribution in [0.2, 0.25) is 0 Å². The van der Waals surface area contributed by atoms with Crippen molar-refractivity contribution in [2.75, 3.05) is 6.61 Å². The van der Waals surface area contributed by atoms with E-state index in [1.54, 1.807) is 0 Å². The number of hydrogen-bond donors (Lipinski definition) is 2. The minimum atomic E-state index is -0.628. The average Bonchev–Trinajstić information content (AvgIpc) is 2.35. The standard InChI is InChI=1S/C14H18N2O2/c15-14(6-3-7-14)13(17)16-11-8-10-4-1-2-5-12(10)18-9-11/h1-2,4-5,11H,3,6-9,15H2,(H,16,17). The summed E-state index contributed by atoms with van der Waals surface area (Å²) in [6, 6.07) is 7.98. The molecule has 2 aliphatic rings. The Balaban J connectivity index is 1.64. The van der Waals surface area contributed by atoms with E-state index in [2.05, 4.69) is 5.32 Å². The molecule has 0 spiro atoms. The van der Waals surface area contributed by atoms with Crippen LogP contribution >= 0.6 is 0 Å². The second kappa shape index (κ2) is 4.28. The lowest BCUT2D eigenvalue weighted by atomic mass is 9.77. The zero-order chi connectivity index (χ0) is 12.6. The van der Waals surface area contributed by atoms with Crippen LogP contribution in [0.15, 0.2) is 24.3 Å². The first-order valence-corrected chi connectivity index (χ1v) is 6.48. The van der Waals surface area contributed by atoms with Crippen molar-refractivity contribution in [2.24, 2.45) is 5.73 Å². The molecule has 1 saturated carbocycles. The van der Waals surface area contributed by atoms with E-state index in [4.69, 9.17) is 10.5 Å². The van der Waals surface area contributed by atoms with Crippen molar-refractivity contribution in [1.29, 1.82) is 0 Å². The van der Waals surface area contributed by atoms with Crippen LogP contribution in [0.4, 0.5) is 0 Å². The predicted molar refractivity (Wildman–Crippen MR) is 68.3 cm³/mol. The van der Waals surface area contributed by atoms with Crippen molar-refractivity contribution in [3.63, 3.8) is 0 Å². The first kappa shape index (κ1) is 11.5. The molecule has 4 nitrogen and oxygen atoms in total. The van der Waals surface area contributed by atoms with Gasteiger partial charge in [-0.2, -0.15) is 0 Å². The number of benzene rings is 1. The maximum Gasteiger partial charge on any atom is 0.240 e. The van der Waals surface area contributed by atoms with Gasteiger partial charge in [0, 0.05) is 0 Å². The Morgan fingerprint density at radius 2 is 2.17 bits per heavy atom. The summed E-state index contributed by atoms with van der Waals surface area (Å²) in [5.74, 6) is 0.899. The number of para-hydroxylation sites is 1. The maximum atomic E-state index is 12.0. The topological polar surface area (TPSA) is 64.4 Å². The van der Waals surface area contributed by atoms with Gasteiger partial charge in [-0.25, -0.2) is 0 Å². The van der Waals surface area contributed by atoms with Gasteiger partial charge < -0.3 is 15.8 Å². The van der Waals surface area contributed by atoms with Crippen LogP contribution in [-0.4, -0.2) is 24.1 Å². The molecule has 0 radical (unpaired) electrons. The lowest BCUT2D eigenvalue weighted by Crippen LogP contribution is -2.61. The summed E-state index contributed by atoms with van der Waals surface area (Å²) < 4.78 is 5.65. The highest BCUT2D eigenvalue weighted by molar-refractivity contribution is 5.87. The van der Waals surface area contributed by atoms with Gasteiger partial charge in [0.05, 0.1) is 11.6 Å². The molecule has 1 aromatic rings. The van der Waals surface area contributed by atoms with E-state index in [1.165, 1.54) is 0 Å². The average molecular weight is 246 g/mol. The Bertz CT molecular complexity index is 469. The van der Waals surface area contributed by atoms with Crippen molar-refractivity contribution >= 4 is 5.91 Å². The number of nitrogens with two attached hydrogens (primary N) is 1. The Morgan fingerprint density at radius 3 is 2.89 bits per heavy atom. The summed E-state index contributed by atoms with van der Waals surface area (Å²) in [7, 11) is 0. The van der Waals surface area contributed by atoms with Crippen LogP contribution in [0, 0.1) is 0 Å². The predicted octanol–water partition coefficient (Wildman–Crippen LogP) is 0.988. The fraction of sp³-hybridized carbons (Fsp3) is 0.500. The highest BCUT2D eigenvalue weighted by Crippen LogP contribution is 2.30. The fourth-order valence-electron chi connectivity index (χ4n) is 2.53. The van der Waals surface area contributed by atoms with Crippen molar-refractivity contribution in [3.05, 3.63) is 29.8 Å². The molecule has 1 aliphatic heterocycles. The summed E-state index contributed by atoms with van der Waals surface area (Å²) >= 11 is 0. The summed E-state index contributed by atoms with van der Waals surface area (Å²) in [5, 5.41) is 3.01. The number of carbonyl (C=O) groups excluding carboxylic acids is 1. The lowest BCUT2D eigenvalue weighted by molar-refractivity contribution is -0.130. The second-order valence-corrected chi connectivity index (χ2v) is 5.30. The highest BCUT2D eigenvalue weighted by Gasteiger charge is 2.41. The van der Waals surface area contributed by atoms with Gasteiger partial charge in [0.2, 0.25) is 5.91 Å². The first-order chi connectivity index (χ1) is 8.67. The number of hydrogen-bond acceptors (Lipinski definition) is 3. The largest absolute Gasteiger partial charge is 0.491 e. The van der Waals surface area contributed by atoms with Crippen molar-refractivity contribution < 1.29 is 9.53 Å². The van der Waals surface area contributed by atoms with Crippen molar-refractivity contribution in [3.8, 4) is 5.75 Å². The number of carbonyl (C=O) groups is 1. The molecular formula is C14H18N2O2. The SMILES string of the molecule is NC1(C(=O)NC2COc3ccccc3C2)CCC1. The second-order valence-electron chi connectivity index (χ2n) is 5.30. The molecule has 0 saturated heterocycles. The molecule has 1 unspecified atom stereocenters. The van der Waals surface area contributed by atoms with Gasteiger partial charge in [-0.3, -0.25) is 4.79 Å². The van der Waals surface area contributed by atoms with E-state index in [0.29, 0.717) is 6.61 Å². The summed E-state index contributed by atoms with van der Waals surface area (Å²) in [6.45, 7) is 0.527. The van der Waals surface area contributed by atoms with Crippen LogP contribution in [0.3, 0.4) is 0 Å². The molecule has 96 valence electrons. The third kappa shape index (κ3) is 1.97. The van der Waals surface area contributed by atoms with Gasteiger partial charge in [-0.15, -0.1) is 0 Å². The van der Waals surface area contributed by atoms with Gasteiger partial charge in [-0.05, 0) is 37.3 Å². The smallest absolute Gasteiger partial charge is 0.240 e. The molecular weight excluding hydrogens is 228 g/mol. The molecule has 0 aromatic heterocycles. The van der Waals surface area contributed by atoms with Crippen LogP contribution < -0.4 is 15.8 Å². The van der Waals surface area contributed by atoms with Gasteiger partial charge in [0.25, 0.3) is 0 Å². The van der Waals surface area contributed by atoms with Crippen LogP contribution in [0.1, 0.15) is 24.8 Å². The monoisotopic (exact) mass is 246 g/mol. The molecule has 18 heavy (non-hydrogen) atoms. The van der Waals surface area contributed by atoms with E-state index in [-0.39, 0.29) is 11.9 Å². The zero-order valence-corrected chi connectivity index (χ0v) is 10.3. The quantitative estimate of drug-likeness (QED) is 0.818. The van der Waals surface area contributed by atoms with Crippen LogP contribution in [-0.2, 0) is 11.2 Å². The van der Waals surface area contributed by atoms with Crippen molar-refractivity contribution in [2.45, 2.75) is 37.3 Å². The molecule has 1 aliphatic carbocycles. The van der Waals surface area contributed by atoms with E-state index in [9.17, 15) is 4.79 Å². The molecule has 0 bridgehead atoms. The lowest BCUT2D eigenvalue weighted by Gasteiger charge is -2.38. The maximum absolute atomic E-state index is 12.0. The Morgan fingerprint density at radius 1 is 1.39 bits per heavy atom. The molecule has 1 fully saturated rings. The number of amides is 1. The Labute approximate surface area is 107 Å². The minimum absolute atomic E-state index is 0.0262. The number of ether oxygens (including phenoxy) is 1. The highest BCUT2D eigenvalue weighted by atomic mass is 16.5. The van der Waals surface area contributed by atoms with Gasteiger partial charge in [-0.1, -0.05) is 18.2 Å². The van der Waals surface area contributed by atoms with Gasteiger partial charge in [0.1, 0.15) is 12.4 Å². The van der Waals surface area contributed by atoms with E-state index < -0.39 is 5.54 Å². The Hall–Kier alpha value is -1.55. The van der Waals surface area contributed by atoms with Gasteiger partial charge >= 0.3 is 0 Å². The molecule has 3 N–H and O–H groups in total. The summed E-state index contributed by atoms with van der Waals surface area (Å²) in [6.07, 6.45) is 3.46. The first-order valence-electron chi connectivity index (χ1n) is 6.48. The minimum Gasteiger partial charge on any atom is -0.491 e. The number of fused-ring (bicyclic) bond motifs is 1. The molecule has 3 rings (SSSR count). The molecule has 1 amide bonds. The van der Waals surface area contributed by atoms with E-state index in [0.717, 1.165) is 37.0 Å². The Kier molecular flexibility index (Phi) is 2.74. The van der Waals surface area contributed by atoms with E-state index in [1.807, 2.05) is 24.3 Å². The van der Waals surface area contributed by atoms with Crippen LogP contribution in [0.5, 0.6) is 5.75 Å². The van der Waals surface area contributed by atoms with Crippen LogP contribution in [0.25, 0.3) is 0 Å². The molecule has 1 atom stereocenters. The molecule has 1 heterocycles. The number of rotatable bonds is 2. The molecule has 4 heteroatoms. The molecule has 1 aromatic carbocycles. The van der Waals surface area contributed by atoms with E-state index >= 15 is 0 Å². The third-order valence-electron chi connectivity index (χ3n) is 3.91. The van der Waals surface area contributed by atoms with Gasteiger partial charge in [0.15, 0.2) is 0 Å². The summed E-state index contributed by atoms with van der Waals surface area (Å²) in [5.41, 5.74) is 6.52. The number of nitrogens with one attached hydrogen (secondary N) is 1. The zero-order valence-electron chi connectivity index (χ0n) is 10.3. The third-order valence-corrected chi connectivity index (χ3v) is 3.91. The fourth-order valence-corrected chi connectivity index (χ4v) is 2.53.